The van der Waals surface area contributed by atoms with Gasteiger partial charge in [-0.25, -0.2) is 4.39 Å². The molecule has 0 bridgehead atoms. The summed E-state index contributed by atoms with van der Waals surface area (Å²) < 4.78 is 18.7. The molecule has 5 nitrogen and oxygen atoms in total. The Morgan fingerprint density at radius 2 is 1.71 bits per heavy atom. The van der Waals surface area contributed by atoms with Gasteiger partial charge >= 0.3 is 0 Å². The maximum absolute atomic E-state index is 13.4. The molecule has 0 aromatic heterocycles. The molecular formula is C25H20FNO4. The lowest BCUT2D eigenvalue weighted by Gasteiger charge is -2.25. The number of benzene rings is 3. The predicted molar refractivity (Wildman–Crippen MR) is 114 cm³/mol. The van der Waals surface area contributed by atoms with Gasteiger partial charge in [-0.15, -0.1) is 0 Å². The van der Waals surface area contributed by atoms with Crippen molar-refractivity contribution in [2.45, 2.75) is 12.6 Å². The van der Waals surface area contributed by atoms with Crippen molar-refractivity contribution in [1.29, 1.82) is 0 Å². The number of ether oxygens (including phenoxy) is 1. The van der Waals surface area contributed by atoms with Gasteiger partial charge < -0.3 is 14.7 Å². The SMILES string of the molecule is COc1cccc([C@@H]2C(=C(O)c3ccc(F)cc3)C(=O)C(=O)N2Cc2ccccc2)c1. The van der Waals surface area contributed by atoms with Crippen LogP contribution in [0.3, 0.4) is 0 Å². The maximum Gasteiger partial charge on any atom is 0.295 e. The van der Waals surface area contributed by atoms with Gasteiger partial charge in [-0.2, -0.15) is 0 Å². The van der Waals surface area contributed by atoms with Gasteiger partial charge in [0, 0.05) is 12.1 Å². The van der Waals surface area contributed by atoms with E-state index in [1.165, 1.54) is 36.3 Å². The Kier molecular flexibility index (Phi) is 5.54. The number of likely N-dealkylation sites (tertiary alicyclic amines) is 1. The van der Waals surface area contributed by atoms with E-state index in [0.717, 1.165) is 5.56 Å². The first kappa shape index (κ1) is 20.3. The van der Waals surface area contributed by atoms with Crippen LogP contribution in [0.5, 0.6) is 5.75 Å². The summed E-state index contributed by atoms with van der Waals surface area (Å²) in [6.45, 7) is 0.188. The van der Waals surface area contributed by atoms with Crippen LogP contribution in [0.4, 0.5) is 4.39 Å². The fourth-order valence-electron chi connectivity index (χ4n) is 3.74. The number of aliphatic hydroxyl groups excluding tert-OH is 1. The van der Waals surface area contributed by atoms with Crippen molar-refractivity contribution in [3.63, 3.8) is 0 Å². The summed E-state index contributed by atoms with van der Waals surface area (Å²) in [5.74, 6) is -1.75. The van der Waals surface area contributed by atoms with E-state index in [0.29, 0.717) is 11.3 Å². The average Bonchev–Trinajstić information content (AvgIpc) is 3.05. The molecule has 1 N–H and O–H groups in total. The summed E-state index contributed by atoms with van der Waals surface area (Å²) in [6, 6.07) is 20.6. The number of hydrogen-bond acceptors (Lipinski definition) is 4. The first-order chi connectivity index (χ1) is 15.0. The van der Waals surface area contributed by atoms with E-state index in [-0.39, 0.29) is 23.4 Å². The second-order valence-electron chi connectivity index (χ2n) is 7.20. The van der Waals surface area contributed by atoms with E-state index in [2.05, 4.69) is 0 Å². The van der Waals surface area contributed by atoms with Gasteiger partial charge in [-0.05, 0) is 47.5 Å². The van der Waals surface area contributed by atoms with E-state index in [9.17, 15) is 19.1 Å². The summed E-state index contributed by atoms with van der Waals surface area (Å²) in [6.07, 6.45) is 0. The Bertz CT molecular complexity index is 1160. The Morgan fingerprint density at radius 1 is 1.00 bits per heavy atom. The van der Waals surface area contributed by atoms with Crippen LogP contribution in [0.2, 0.25) is 0 Å². The molecule has 1 fully saturated rings. The quantitative estimate of drug-likeness (QED) is 0.378. The highest BCUT2D eigenvalue weighted by Crippen LogP contribution is 2.41. The van der Waals surface area contributed by atoms with Crippen LogP contribution in [0.1, 0.15) is 22.7 Å². The normalized spacial score (nSPS) is 17.7. The number of aliphatic hydroxyl groups is 1. The standard InChI is InChI=1S/C25H20FNO4/c1-31-20-9-5-8-18(14-20)22-21(23(28)17-10-12-19(26)13-11-17)24(29)25(30)27(22)15-16-6-3-2-4-7-16/h2-14,22,28H,15H2,1H3/t22-/m1/s1. The molecule has 31 heavy (non-hydrogen) atoms. The summed E-state index contributed by atoms with van der Waals surface area (Å²) in [5, 5.41) is 11.0. The second kappa shape index (κ2) is 8.44. The minimum absolute atomic E-state index is 0.0409. The third-order valence-corrected chi connectivity index (χ3v) is 5.26. The number of amides is 1. The molecule has 1 heterocycles. The molecule has 6 heteroatoms. The van der Waals surface area contributed by atoms with Crippen LogP contribution < -0.4 is 4.74 Å². The monoisotopic (exact) mass is 417 g/mol. The number of hydrogen-bond donors (Lipinski definition) is 1. The molecule has 4 rings (SSSR count). The molecule has 156 valence electrons. The minimum Gasteiger partial charge on any atom is -0.507 e. The Balaban J connectivity index is 1.87. The smallest absolute Gasteiger partial charge is 0.295 e. The molecule has 3 aromatic carbocycles. The molecule has 1 amide bonds. The number of methoxy groups -OCH3 is 1. The maximum atomic E-state index is 13.4. The number of rotatable bonds is 5. The van der Waals surface area contributed by atoms with Crippen molar-refractivity contribution in [2.24, 2.45) is 0 Å². The fourth-order valence-corrected chi connectivity index (χ4v) is 3.74. The van der Waals surface area contributed by atoms with Gasteiger partial charge in [0.05, 0.1) is 18.7 Å². The van der Waals surface area contributed by atoms with E-state index < -0.39 is 23.5 Å². The second-order valence-corrected chi connectivity index (χ2v) is 7.20. The molecule has 0 radical (unpaired) electrons. The first-order valence-corrected chi connectivity index (χ1v) is 9.72. The number of Topliss-reactive ketones (excluding diaryl/α,β-unsaturated/α-hetero) is 1. The molecule has 1 aliphatic rings. The topological polar surface area (TPSA) is 66.8 Å². The van der Waals surface area contributed by atoms with Crippen molar-refractivity contribution in [2.75, 3.05) is 7.11 Å². The van der Waals surface area contributed by atoms with Crippen molar-refractivity contribution >= 4 is 17.4 Å². The fraction of sp³-hybridized carbons (Fsp3) is 0.120. The molecule has 1 atom stereocenters. The molecule has 3 aromatic rings. The lowest BCUT2D eigenvalue weighted by molar-refractivity contribution is -0.140. The Labute approximate surface area is 179 Å². The van der Waals surface area contributed by atoms with E-state index >= 15 is 0 Å². The zero-order valence-electron chi connectivity index (χ0n) is 16.8. The molecular weight excluding hydrogens is 397 g/mol. The zero-order valence-corrected chi connectivity index (χ0v) is 16.8. The molecule has 0 unspecified atom stereocenters. The Hall–Kier alpha value is -3.93. The van der Waals surface area contributed by atoms with Crippen LogP contribution in [-0.2, 0) is 16.1 Å². The van der Waals surface area contributed by atoms with Crippen molar-refractivity contribution in [1.82, 2.24) is 4.90 Å². The summed E-state index contributed by atoms with van der Waals surface area (Å²) >= 11 is 0. The van der Waals surface area contributed by atoms with Gasteiger partial charge in [0.15, 0.2) is 0 Å². The number of ketones is 1. The van der Waals surface area contributed by atoms with Gasteiger partial charge in [0.25, 0.3) is 11.7 Å². The number of carbonyl (C=O) groups is 2. The molecule has 1 saturated heterocycles. The molecule has 0 aliphatic carbocycles. The summed E-state index contributed by atoms with van der Waals surface area (Å²) in [5.41, 5.74) is 1.69. The molecule has 0 spiro atoms. The van der Waals surface area contributed by atoms with Gasteiger partial charge in [-0.1, -0.05) is 42.5 Å². The van der Waals surface area contributed by atoms with Crippen molar-refractivity contribution in [3.05, 3.63) is 107 Å². The first-order valence-electron chi connectivity index (χ1n) is 9.72. The third-order valence-electron chi connectivity index (χ3n) is 5.26. The zero-order chi connectivity index (χ0) is 22.0. The van der Waals surface area contributed by atoms with Crippen molar-refractivity contribution < 1.29 is 23.8 Å². The number of nitrogens with zero attached hydrogens (tertiary/aromatic N) is 1. The lowest BCUT2D eigenvalue weighted by atomic mass is 9.95. The minimum atomic E-state index is -0.819. The van der Waals surface area contributed by atoms with Gasteiger partial charge in [0.1, 0.15) is 17.3 Å². The summed E-state index contributed by atoms with van der Waals surface area (Å²) in [4.78, 5) is 27.4. The van der Waals surface area contributed by atoms with Crippen LogP contribution >= 0.6 is 0 Å². The van der Waals surface area contributed by atoms with E-state index in [1.54, 1.807) is 24.3 Å². The largest absolute Gasteiger partial charge is 0.507 e. The van der Waals surface area contributed by atoms with Crippen LogP contribution in [0, 0.1) is 5.82 Å². The highest BCUT2D eigenvalue weighted by Gasteiger charge is 2.46. The third kappa shape index (κ3) is 3.92. The molecule has 0 saturated carbocycles. The predicted octanol–water partition coefficient (Wildman–Crippen LogP) is 4.46. The van der Waals surface area contributed by atoms with Crippen molar-refractivity contribution in [3.8, 4) is 5.75 Å². The summed E-state index contributed by atoms with van der Waals surface area (Å²) in [7, 11) is 1.53. The average molecular weight is 417 g/mol. The van der Waals surface area contributed by atoms with Crippen LogP contribution in [0.15, 0.2) is 84.4 Å². The highest BCUT2D eigenvalue weighted by molar-refractivity contribution is 6.46. The molecule has 1 aliphatic heterocycles. The van der Waals surface area contributed by atoms with E-state index in [4.69, 9.17) is 4.74 Å². The van der Waals surface area contributed by atoms with Gasteiger partial charge in [-0.3, -0.25) is 9.59 Å². The van der Waals surface area contributed by atoms with Crippen LogP contribution in [-0.4, -0.2) is 28.8 Å². The number of carbonyl (C=O) groups excluding carboxylic acids is 2. The lowest BCUT2D eigenvalue weighted by Crippen LogP contribution is -2.29. The number of halogens is 1. The van der Waals surface area contributed by atoms with Gasteiger partial charge in [0.2, 0.25) is 0 Å². The Morgan fingerprint density at radius 3 is 2.39 bits per heavy atom. The highest BCUT2D eigenvalue weighted by atomic mass is 19.1. The van der Waals surface area contributed by atoms with Crippen LogP contribution in [0.25, 0.3) is 5.76 Å². The van der Waals surface area contributed by atoms with E-state index in [1.807, 2.05) is 30.3 Å².